The minimum atomic E-state index is -0.558. The average Bonchev–Trinajstić information content (AvgIpc) is 3.23. The first-order valence-electron chi connectivity index (χ1n) is 8.28. The summed E-state index contributed by atoms with van der Waals surface area (Å²) in [5.41, 5.74) is -0.304. The van der Waals surface area contributed by atoms with E-state index in [1.807, 2.05) is 0 Å². The van der Waals surface area contributed by atoms with Crippen molar-refractivity contribution in [2.45, 2.75) is 50.0 Å². The lowest BCUT2D eigenvalue weighted by atomic mass is 9.92. The molecule has 0 radical (unpaired) electrons. The van der Waals surface area contributed by atoms with E-state index in [1.165, 1.54) is 7.11 Å². The second kappa shape index (κ2) is 6.49. The van der Waals surface area contributed by atoms with Crippen LogP contribution >= 0.6 is 0 Å². The van der Waals surface area contributed by atoms with Crippen molar-refractivity contribution in [2.24, 2.45) is 5.92 Å². The molecule has 1 N–H and O–H groups in total. The second-order valence-electron chi connectivity index (χ2n) is 6.84. The highest BCUT2D eigenvalue weighted by Gasteiger charge is 2.48. The summed E-state index contributed by atoms with van der Waals surface area (Å²) in [4.78, 5) is 24.2. The molecule has 0 bridgehead atoms. The largest absolute Gasteiger partial charge is 0.469 e. The van der Waals surface area contributed by atoms with Crippen molar-refractivity contribution in [1.29, 1.82) is 0 Å². The molecule has 0 heterocycles. The third-order valence-corrected chi connectivity index (χ3v) is 5.14. The molecule has 1 amide bonds. The molecule has 1 aromatic carbocycles. The quantitative estimate of drug-likeness (QED) is 0.840. The van der Waals surface area contributed by atoms with Crippen LogP contribution in [0, 0.1) is 17.6 Å². The summed E-state index contributed by atoms with van der Waals surface area (Å²) >= 11 is 0. The van der Waals surface area contributed by atoms with Crippen molar-refractivity contribution in [3.63, 3.8) is 0 Å². The lowest BCUT2D eigenvalue weighted by Crippen LogP contribution is -2.48. The maximum Gasteiger partial charge on any atom is 0.307 e. The van der Waals surface area contributed by atoms with E-state index < -0.39 is 17.2 Å². The van der Waals surface area contributed by atoms with Crippen LogP contribution in [-0.2, 0) is 14.3 Å². The van der Waals surface area contributed by atoms with E-state index in [4.69, 9.17) is 4.74 Å². The summed E-state index contributed by atoms with van der Waals surface area (Å²) in [5, 5.41) is 3.00. The molecular formula is C18H21F2NO3. The fourth-order valence-corrected chi connectivity index (χ4v) is 3.73. The number of hydrogen-bond donors (Lipinski definition) is 1. The van der Waals surface area contributed by atoms with Gasteiger partial charge in [0.25, 0.3) is 0 Å². The Morgan fingerprint density at radius 3 is 2.67 bits per heavy atom. The highest BCUT2D eigenvalue weighted by molar-refractivity contribution is 5.84. The smallest absolute Gasteiger partial charge is 0.307 e. The maximum atomic E-state index is 13.8. The summed E-state index contributed by atoms with van der Waals surface area (Å²) in [5.74, 6) is -2.18. The number of hydrogen-bond acceptors (Lipinski definition) is 3. The monoisotopic (exact) mass is 337 g/mol. The van der Waals surface area contributed by atoms with Crippen molar-refractivity contribution < 1.29 is 23.1 Å². The van der Waals surface area contributed by atoms with Gasteiger partial charge in [0.1, 0.15) is 11.6 Å². The van der Waals surface area contributed by atoms with E-state index in [-0.39, 0.29) is 35.7 Å². The first-order valence-corrected chi connectivity index (χ1v) is 8.28. The minimum absolute atomic E-state index is 0.154. The molecule has 0 aliphatic heterocycles. The third kappa shape index (κ3) is 3.42. The van der Waals surface area contributed by atoms with Gasteiger partial charge in [-0.05, 0) is 48.9 Å². The van der Waals surface area contributed by atoms with Crippen molar-refractivity contribution in [1.82, 2.24) is 5.32 Å². The van der Waals surface area contributed by atoms with Gasteiger partial charge in [0, 0.05) is 5.92 Å². The molecular weight excluding hydrogens is 316 g/mol. The van der Waals surface area contributed by atoms with Gasteiger partial charge in [0.2, 0.25) is 5.91 Å². The number of esters is 1. The highest BCUT2D eigenvalue weighted by atomic mass is 19.1. The topological polar surface area (TPSA) is 55.4 Å². The van der Waals surface area contributed by atoms with Crippen LogP contribution in [0.4, 0.5) is 8.78 Å². The van der Waals surface area contributed by atoms with Crippen LogP contribution in [0.25, 0.3) is 0 Å². The Balaban J connectivity index is 1.67. The van der Waals surface area contributed by atoms with Gasteiger partial charge in [-0.25, -0.2) is 8.78 Å². The Labute approximate surface area is 139 Å². The lowest BCUT2D eigenvalue weighted by molar-refractivity contribution is -0.142. The van der Waals surface area contributed by atoms with Gasteiger partial charge in [0.15, 0.2) is 0 Å². The molecule has 6 heteroatoms. The molecule has 2 atom stereocenters. The van der Waals surface area contributed by atoms with Crippen molar-refractivity contribution in [3.05, 3.63) is 35.4 Å². The van der Waals surface area contributed by atoms with Crippen LogP contribution in [0.15, 0.2) is 18.2 Å². The Hall–Kier alpha value is -1.98. The van der Waals surface area contributed by atoms with E-state index in [0.717, 1.165) is 43.9 Å². The number of nitrogens with one attached hydrogen (secondary N) is 1. The van der Waals surface area contributed by atoms with Crippen LogP contribution in [0.1, 0.15) is 50.0 Å². The van der Waals surface area contributed by atoms with Gasteiger partial charge in [0.05, 0.1) is 19.1 Å². The zero-order chi connectivity index (χ0) is 17.3. The number of rotatable bonds is 5. The molecule has 0 aromatic heterocycles. The summed E-state index contributed by atoms with van der Waals surface area (Å²) in [7, 11) is 1.33. The van der Waals surface area contributed by atoms with E-state index in [9.17, 15) is 18.4 Å². The average molecular weight is 337 g/mol. The zero-order valence-corrected chi connectivity index (χ0v) is 13.6. The van der Waals surface area contributed by atoms with Crippen LogP contribution in [0.5, 0.6) is 0 Å². The molecule has 130 valence electrons. The summed E-state index contributed by atoms with van der Waals surface area (Å²) in [6, 6.07) is 3.32. The van der Waals surface area contributed by atoms with Crippen LogP contribution in [0.3, 0.4) is 0 Å². The fourth-order valence-electron chi connectivity index (χ4n) is 3.73. The molecule has 4 nitrogen and oxygen atoms in total. The molecule has 0 unspecified atom stereocenters. The van der Waals surface area contributed by atoms with Crippen LogP contribution < -0.4 is 5.32 Å². The maximum absolute atomic E-state index is 13.8. The van der Waals surface area contributed by atoms with Crippen LogP contribution in [-0.4, -0.2) is 24.5 Å². The molecule has 0 saturated heterocycles. The molecule has 1 aromatic rings. The van der Waals surface area contributed by atoms with Gasteiger partial charge in [-0.1, -0.05) is 12.8 Å². The highest BCUT2D eigenvalue weighted by Crippen LogP contribution is 2.49. The molecule has 2 aliphatic rings. The SMILES string of the molecule is COC(=O)CC1(NC(=O)[C@@H]2C[C@@H]2c2cc(F)ccc2F)CCCC1. The van der Waals surface area contributed by atoms with Crippen LogP contribution in [0.2, 0.25) is 0 Å². The summed E-state index contributed by atoms with van der Waals surface area (Å²) < 4.78 is 31.9. The van der Waals surface area contributed by atoms with Gasteiger partial charge in [-0.15, -0.1) is 0 Å². The Morgan fingerprint density at radius 1 is 1.29 bits per heavy atom. The third-order valence-electron chi connectivity index (χ3n) is 5.14. The standard InChI is InChI=1S/C18H21F2NO3/c1-24-16(22)10-18(6-2-3-7-18)21-17(23)14-9-12(14)13-8-11(19)4-5-15(13)20/h4-5,8,12,14H,2-3,6-7,9-10H2,1H3,(H,21,23)/t12-,14-/m1/s1. The fraction of sp³-hybridized carbons (Fsp3) is 0.556. The van der Waals surface area contributed by atoms with Gasteiger partial charge in [-0.3, -0.25) is 9.59 Å². The Kier molecular flexibility index (Phi) is 4.56. The first kappa shape index (κ1) is 16.9. The number of benzene rings is 1. The number of amides is 1. The van der Waals surface area contributed by atoms with E-state index in [1.54, 1.807) is 0 Å². The normalized spacial score (nSPS) is 24.5. The first-order chi connectivity index (χ1) is 11.4. The summed E-state index contributed by atoms with van der Waals surface area (Å²) in [6.07, 6.45) is 4.02. The van der Waals surface area contributed by atoms with Gasteiger partial charge in [-0.2, -0.15) is 0 Å². The lowest BCUT2D eigenvalue weighted by Gasteiger charge is -2.29. The zero-order valence-electron chi connectivity index (χ0n) is 13.6. The second-order valence-corrected chi connectivity index (χ2v) is 6.84. The minimum Gasteiger partial charge on any atom is -0.469 e. The van der Waals surface area contributed by atoms with E-state index in [0.29, 0.717) is 6.42 Å². The van der Waals surface area contributed by atoms with Crippen molar-refractivity contribution >= 4 is 11.9 Å². The molecule has 0 spiro atoms. The number of methoxy groups -OCH3 is 1. The van der Waals surface area contributed by atoms with Gasteiger partial charge >= 0.3 is 5.97 Å². The Morgan fingerprint density at radius 2 is 2.00 bits per heavy atom. The predicted molar refractivity (Wildman–Crippen MR) is 83.2 cm³/mol. The van der Waals surface area contributed by atoms with Crippen molar-refractivity contribution in [3.8, 4) is 0 Å². The van der Waals surface area contributed by atoms with Crippen molar-refractivity contribution in [2.75, 3.05) is 7.11 Å². The molecule has 3 rings (SSSR count). The summed E-state index contributed by atoms with van der Waals surface area (Å²) in [6.45, 7) is 0. The predicted octanol–water partition coefficient (Wildman–Crippen LogP) is 3.06. The number of halogens is 2. The van der Waals surface area contributed by atoms with Gasteiger partial charge < -0.3 is 10.1 Å². The molecule has 2 fully saturated rings. The number of ether oxygens (including phenoxy) is 1. The molecule has 24 heavy (non-hydrogen) atoms. The Bertz CT molecular complexity index is 656. The molecule has 2 aliphatic carbocycles. The number of carbonyl (C=O) groups is 2. The molecule has 2 saturated carbocycles. The number of carbonyl (C=O) groups excluding carboxylic acids is 2. The van der Waals surface area contributed by atoms with E-state index >= 15 is 0 Å². The van der Waals surface area contributed by atoms with E-state index in [2.05, 4.69) is 5.32 Å².